The Morgan fingerprint density at radius 3 is 2.05 bits per heavy atom. The summed E-state index contributed by atoms with van der Waals surface area (Å²) >= 11 is 6.12. The molecule has 0 radical (unpaired) electrons. The molecule has 0 aromatic heterocycles. The van der Waals surface area contributed by atoms with E-state index >= 15 is 0 Å². The molecule has 0 fully saturated rings. The van der Waals surface area contributed by atoms with Crippen molar-refractivity contribution in [3.8, 4) is 0 Å². The van der Waals surface area contributed by atoms with Crippen molar-refractivity contribution in [2.45, 2.75) is 27.7 Å². The predicted octanol–water partition coefficient (Wildman–Crippen LogP) is 5.10. The maximum Gasteiger partial charge on any atom is 0.0455 e. The van der Waals surface area contributed by atoms with Crippen molar-refractivity contribution in [1.82, 2.24) is 0 Å². The van der Waals surface area contributed by atoms with Crippen molar-refractivity contribution >= 4 is 23.0 Å². The first-order chi connectivity index (χ1) is 9.97. The van der Waals surface area contributed by atoms with E-state index < -0.39 is 0 Å². The molecule has 0 aliphatic rings. The molecule has 0 atom stereocenters. The lowest BCUT2D eigenvalue weighted by Crippen LogP contribution is -2.15. The first-order valence-electron chi connectivity index (χ1n) is 7.29. The topological polar surface area (TPSA) is 24.1 Å². The summed E-state index contributed by atoms with van der Waals surface area (Å²) in [5.74, 6) is 0. The summed E-state index contributed by atoms with van der Waals surface area (Å²) in [6.07, 6.45) is 0. The van der Waals surface area contributed by atoms with Gasteiger partial charge >= 0.3 is 0 Å². The Kier molecular flexibility index (Phi) is 5.13. The summed E-state index contributed by atoms with van der Waals surface area (Å²) in [7, 11) is 0. The first-order valence-corrected chi connectivity index (χ1v) is 7.67. The van der Waals surface area contributed by atoms with Gasteiger partial charge in [-0.15, -0.1) is 0 Å². The van der Waals surface area contributed by atoms with E-state index in [1.807, 2.05) is 19.1 Å². The van der Waals surface area contributed by atoms with Crippen LogP contribution in [0.15, 0.2) is 30.3 Å². The van der Waals surface area contributed by atoms with E-state index in [0.29, 0.717) is 0 Å². The number of aryl methyl sites for hydroxylation is 4. The van der Waals surface area contributed by atoms with Gasteiger partial charge in [-0.25, -0.2) is 0 Å². The number of anilines is 2. The van der Waals surface area contributed by atoms with E-state index in [9.17, 15) is 0 Å². The third-order valence-electron chi connectivity index (χ3n) is 3.60. The zero-order valence-electron chi connectivity index (χ0n) is 13.2. The number of hydrogen-bond donors (Lipinski definition) is 2. The van der Waals surface area contributed by atoms with E-state index in [1.165, 1.54) is 22.4 Å². The molecule has 112 valence electrons. The highest BCUT2D eigenvalue weighted by atomic mass is 35.5. The highest BCUT2D eigenvalue weighted by Gasteiger charge is 2.03. The molecule has 0 unspecified atom stereocenters. The van der Waals surface area contributed by atoms with Gasteiger partial charge in [0.1, 0.15) is 0 Å². The maximum atomic E-state index is 6.12. The summed E-state index contributed by atoms with van der Waals surface area (Å²) in [6.45, 7) is 10.2. The molecule has 2 aromatic rings. The van der Waals surface area contributed by atoms with Crippen molar-refractivity contribution in [3.63, 3.8) is 0 Å². The average Bonchev–Trinajstić information content (AvgIpc) is 2.40. The van der Waals surface area contributed by atoms with Crippen LogP contribution in [0.25, 0.3) is 0 Å². The Labute approximate surface area is 132 Å². The minimum absolute atomic E-state index is 0.804. The molecule has 0 spiro atoms. The van der Waals surface area contributed by atoms with Gasteiger partial charge in [-0.1, -0.05) is 35.4 Å². The van der Waals surface area contributed by atoms with Gasteiger partial charge in [0.25, 0.3) is 0 Å². The van der Waals surface area contributed by atoms with Crippen LogP contribution in [0.2, 0.25) is 5.02 Å². The van der Waals surface area contributed by atoms with E-state index in [1.54, 1.807) is 0 Å². The second-order valence-corrected chi connectivity index (χ2v) is 6.00. The van der Waals surface area contributed by atoms with Crippen LogP contribution in [0, 0.1) is 27.7 Å². The van der Waals surface area contributed by atoms with Crippen LogP contribution in [-0.4, -0.2) is 13.1 Å². The molecule has 3 heteroatoms. The van der Waals surface area contributed by atoms with Crippen molar-refractivity contribution < 1.29 is 0 Å². The summed E-state index contributed by atoms with van der Waals surface area (Å²) in [5.41, 5.74) is 7.31. The van der Waals surface area contributed by atoms with Gasteiger partial charge in [0, 0.05) is 29.5 Å². The highest BCUT2D eigenvalue weighted by molar-refractivity contribution is 6.31. The molecule has 2 rings (SSSR count). The molecule has 2 aromatic carbocycles. The number of benzene rings is 2. The van der Waals surface area contributed by atoms with Crippen LogP contribution in [-0.2, 0) is 0 Å². The fourth-order valence-corrected chi connectivity index (χ4v) is 2.74. The average molecular weight is 303 g/mol. The maximum absolute atomic E-state index is 6.12. The van der Waals surface area contributed by atoms with Crippen LogP contribution < -0.4 is 10.6 Å². The lowest BCUT2D eigenvalue weighted by atomic mass is 10.1. The summed E-state index contributed by atoms with van der Waals surface area (Å²) in [5, 5.41) is 7.70. The van der Waals surface area contributed by atoms with E-state index in [-0.39, 0.29) is 0 Å². The molecule has 2 N–H and O–H groups in total. The molecule has 0 bridgehead atoms. The zero-order valence-corrected chi connectivity index (χ0v) is 13.9. The lowest BCUT2D eigenvalue weighted by molar-refractivity contribution is 1.07. The Morgan fingerprint density at radius 2 is 1.43 bits per heavy atom. The molecule has 0 aliphatic carbocycles. The normalized spacial score (nSPS) is 10.5. The van der Waals surface area contributed by atoms with Crippen molar-refractivity contribution in [1.29, 1.82) is 0 Å². The summed E-state index contributed by atoms with van der Waals surface area (Å²) < 4.78 is 0. The van der Waals surface area contributed by atoms with Gasteiger partial charge in [-0.2, -0.15) is 0 Å². The monoisotopic (exact) mass is 302 g/mol. The molecule has 2 nitrogen and oxygen atoms in total. The largest absolute Gasteiger partial charge is 0.383 e. The fourth-order valence-electron chi connectivity index (χ4n) is 2.56. The molecular formula is C18H23ClN2. The van der Waals surface area contributed by atoms with Crippen molar-refractivity contribution in [2.75, 3.05) is 23.7 Å². The summed E-state index contributed by atoms with van der Waals surface area (Å²) in [6, 6.07) is 10.5. The molecule has 21 heavy (non-hydrogen) atoms. The molecule has 0 amide bonds. The van der Waals surface area contributed by atoms with Crippen LogP contribution >= 0.6 is 11.6 Å². The smallest absolute Gasteiger partial charge is 0.0455 e. The first kappa shape index (κ1) is 15.7. The Balaban J connectivity index is 1.89. The Bertz CT molecular complexity index is 612. The SMILES string of the molecule is Cc1cc(C)c(NCCNc2ccc(C)c(Cl)c2)c(C)c1. The van der Waals surface area contributed by atoms with E-state index in [4.69, 9.17) is 11.6 Å². The van der Waals surface area contributed by atoms with Gasteiger partial charge in [0.15, 0.2) is 0 Å². The zero-order chi connectivity index (χ0) is 15.4. The highest BCUT2D eigenvalue weighted by Crippen LogP contribution is 2.22. The Morgan fingerprint density at radius 1 is 0.810 bits per heavy atom. The number of nitrogens with one attached hydrogen (secondary N) is 2. The second-order valence-electron chi connectivity index (χ2n) is 5.59. The number of halogens is 1. The molecule has 0 saturated heterocycles. The van der Waals surface area contributed by atoms with Crippen LogP contribution in [0.5, 0.6) is 0 Å². The van der Waals surface area contributed by atoms with Gasteiger partial charge in [-0.05, 0) is 56.5 Å². The van der Waals surface area contributed by atoms with E-state index in [2.05, 4.69) is 49.6 Å². The Hall–Kier alpha value is -1.67. The minimum Gasteiger partial charge on any atom is -0.383 e. The van der Waals surface area contributed by atoms with Gasteiger partial charge in [0.2, 0.25) is 0 Å². The molecule has 0 aliphatic heterocycles. The standard InChI is InChI=1S/C18H23ClN2/c1-12-9-14(3)18(15(4)10-12)21-8-7-20-16-6-5-13(2)17(19)11-16/h5-6,9-11,20-21H,7-8H2,1-4H3. The molecular weight excluding hydrogens is 280 g/mol. The minimum atomic E-state index is 0.804. The number of hydrogen-bond acceptors (Lipinski definition) is 2. The fraction of sp³-hybridized carbons (Fsp3) is 0.333. The van der Waals surface area contributed by atoms with Crippen molar-refractivity contribution in [3.05, 3.63) is 57.6 Å². The van der Waals surface area contributed by atoms with Gasteiger partial charge < -0.3 is 10.6 Å². The van der Waals surface area contributed by atoms with Crippen LogP contribution in [0.4, 0.5) is 11.4 Å². The van der Waals surface area contributed by atoms with Gasteiger partial charge in [0.05, 0.1) is 0 Å². The molecule has 0 heterocycles. The third-order valence-corrected chi connectivity index (χ3v) is 4.01. The van der Waals surface area contributed by atoms with Crippen LogP contribution in [0.1, 0.15) is 22.3 Å². The lowest BCUT2D eigenvalue weighted by Gasteiger charge is -2.14. The van der Waals surface area contributed by atoms with E-state index in [0.717, 1.165) is 29.4 Å². The second kappa shape index (κ2) is 6.86. The van der Waals surface area contributed by atoms with Crippen molar-refractivity contribution in [2.24, 2.45) is 0 Å². The molecule has 0 saturated carbocycles. The third kappa shape index (κ3) is 4.15. The van der Waals surface area contributed by atoms with Gasteiger partial charge in [-0.3, -0.25) is 0 Å². The summed E-state index contributed by atoms with van der Waals surface area (Å²) in [4.78, 5) is 0. The van der Waals surface area contributed by atoms with Crippen LogP contribution in [0.3, 0.4) is 0 Å². The number of rotatable bonds is 5. The quantitative estimate of drug-likeness (QED) is 0.751. The predicted molar refractivity (Wildman–Crippen MR) is 93.8 cm³/mol.